The Balaban J connectivity index is 1.36. The molecule has 0 aliphatic carbocycles. The van der Waals surface area contributed by atoms with Crippen LogP contribution in [0.25, 0.3) is 0 Å². The Labute approximate surface area is 170 Å². The van der Waals surface area contributed by atoms with E-state index in [-0.39, 0.29) is 5.91 Å². The summed E-state index contributed by atoms with van der Waals surface area (Å²) in [4.78, 5) is 25.3. The summed E-state index contributed by atoms with van der Waals surface area (Å²) in [6.07, 6.45) is 4.87. The summed E-state index contributed by atoms with van der Waals surface area (Å²) in [7, 11) is 1.70. The topological polar surface area (TPSA) is 70.6 Å². The highest BCUT2D eigenvalue weighted by Crippen LogP contribution is 2.29. The van der Waals surface area contributed by atoms with Crippen LogP contribution in [-0.4, -0.2) is 49.2 Å². The molecule has 7 heteroatoms. The summed E-state index contributed by atoms with van der Waals surface area (Å²) >= 11 is 0. The molecule has 29 heavy (non-hydrogen) atoms. The molecular formula is C22H23N5O2. The summed E-state index contributed by atoms with van der Waals surface area (Å²) in [5.74, 6) is 1.61. The molecule has 0 unspecified atom stereocenters. The van der Waals surface area contributed by atoms with E-state index in [1.54, 1.807) is 37.8 Å². The first-order chi connectivity index (χ1) is 14.2. The van der Waals surface area contributed by atoms with Crippen LogP contribution < -0.4 is 19.9 Å². The van der Waals surface area contributed by atoms with E-state index >= 15 is 0 Å². The smallest absolute Gasteiger partial charge is 0.257 e. The van der Waals surface area contributed by atoms with E-state index in [4.69, 9.17) is 4.74 Å². The second-order valence-corrected chi connectivity index (χ2v) is 6.75. The number of nitrogens with one attached hydrogen (secondary N) is 1. The Morgan fingerprint density at radius 1 is 0.966 bits per heavy atom. The third-order valence-corrected chi connectivity index (χ3v) is 4.96. The standard InChI is InChI=1S/C22H23N5O2/c1-29-20-7-3-2-6-19(20)26-11-13-27(14-12-26)21-9-8-18(16-24-21)25-22(28)17-5-4-10-23-15-17/h2-10,15-16H,11-14H2,1H3,(H,25,28). The lowest BCUT2D eigenvalue weighted by atomic mass is 10.2. The molecule has 0 bridgehead atoms. The average Bonchev–Trinajstić information content (AvgIpc) is 2.80. The van der Waals surface area contributed by atoms with Crippen molar-refractivity contribution < 1.29 is 9.53 Å². The van der Waals surface area contributed by atoms with Crippen LogP contribution in [0.1, 0.15) is 10.4 Å². The third kappa shape index (κ3) is 4.29. The number of carbonyl (C=O) groups excluding carboxylic acids is 1. The van der Waals surface area contributed by atoms with Crippen LogP contribution in [-0.2, 0) is 0 Å². The normalized spacial score (nSPS) is 13.8. The molecular weight excluding hydrogens is 366 g/mol. The number of pyridine rings is 2. The Bertz CT molecular complexity index is 954. The summed E-state index contributed by atoms with van der Waals surface area (Å²) in [6.45, 7) is 3.52. The van der Waals surface area contributed by atoms with Crippen molar-refractivity contribution in [2.24, 2.45) is 0 Å². The zero-order valence-electron chi connectivity index (χ0n) is 16.3. The van der Waals surface area contributed by atoms with Crippen LogP contribution in [0.15, 0.2) is 67.1 Å². The number of aromatic nitrogens is 2. The minimum Gasteiger partial charge on any atom is -0.495 e. The predicted octanol–water partition coefficient (Wildman–Crippen LogP) is 3.06. The molecule has 1 N–H and O–H groups in total. The van der Waals surface area contributed by atoms with Crippen LogP contribution in [0, 0.1) is 0 Å². The number of piperazine rings is 1. The molecule has 3 heterocycles. The van der Waals surface area contributed by atoms with E-state index in [0.29, 0.717) is 11.3 Å². The summed E-state index contributed by atoms with van der Waals surface area (Å²) < 4.78 is 5.48. The Kier molecular flexibility index (Phi) is 5.56. The van der Waals surface area contributed by atoms with Gasteiger partial charge in [0.2, 0.25) is 0 Å². The highest BCUT2D eigenvalue weighted by Gasteiger charge is 2.20. The highest BCUT2D eigenvalue weighted by atomic mass is 16.5. The molecule has 0 atom stereocenters. The van der Waals surface area contributed by atoms with Crippen molar-refractivity contribution in [2.45, 2.75) is 0 Å². The lowest BCUT2D eigenvalue weighted by molar-refractivity contribution is 0.102. The Morgan fingerprint density at radius 3 is 2.45 bits per heavy atom. The number of hydrogen-bond acceptors (Lipinski definition) is 6. The number of benzene rings is 1. The van der Waals surface area contributed by atoms with Crippen LogP contribution in [0.3, 0.4) is 0 Å². The second kappa shape index (κ2) is 8.60. The van der Waals surface area contributed by atoms with Crippen LogP contribution in [0.4, 0.5) is 17.2 Å². The fourth-order valence-corrected chi connectivity index (χ4v) is 3.41. The van der Waals surface area contributed by atoms with Crippen molar-refractivity contribution in [2.75, 3.05) is 48.4 Å². The first-order valence-corrected chi connectivity index (χ1v) is 9.55. The number of anilines is 3. The maximum absolute atomic E-state index is 12.2. The van der Waals surface area contributed by atoms with Gasteiger partial charge in [-0.25, -0.2) is 4.98 Å². The van der Waals surface area contributed by atoms with Crippen LogP contribution >= 0.6 is 0 Å². The number of methoxy groups -OCH3 is 1. The molecule has 0 saturated carbocycles. The monoisotopic (exact) mass is 389 g/mol. The van der Waals surface area contributed by atoms with Gasteiger partial charge in [-0.2, -0.15) is 0 Å². The van der Waals surface area contributed by atoms with E-state index < -0.39 is 0 Å². The van der Waals surface area contributed by atoms with Gasteiger partial charge in [0, 0.05) is 38.6 Å². The molecule has 1 aliphatic rings. The molecule has 1 fully saturated rings. The average molecular weight is 389 g/mol. The van der Waals surface area contributed by atoms with Crippen LogP contribution in [0.5, 0.6) is 5.75 Å². The number of ether oxygens (including phenoxy) is 1. The lowest BCUT2D eigenvalue weighted by Gasteiger charge is -2.37. The first-order valence-electron chi connectivity index (χ1n) is 9.55. The maximum atomic E-state index is 12.2. The molecule has 1 aliphatic heterocycles. The zero-order valence-corrected chi connectivity index (χ0v) is 16.3. The summed E-state index contributed by atoms with van der Waals surface area (Å²) in [6, 6.07) is 15.4. The molecule has 2 aromatic heterocycles. The number of amides is 1. The number of carbonyl (C=O) groups is 1. The number of para-hydroxylation sites is 2. The van der Waals surface area contributed by atoms with Gasteiger partial charge < -0.3 is 19.9 Å². The number of rotatable bonds is 5. The van der Waals surface area contributed by atoms with Gasteiger partial charge in [0.1, 0.15) is 11.6 Å². The number of hydrogen-bond donors (Lipinski definition) is 1. The van der Waals surface area contributed by atoms with Crippen molar-refractivity contribution in [3.63, 3.8) is 0 Å². The van der Waals surface area contributed by atoms with E-state index in [2.05, 4.69) is 31.2 Å². The largest absolute Gasteiger partial charge is 0.495 e. The van der Waals surface area contributed by atoms with Gasteiger partial charge in [-0.1, -0.05) is 12.1 Å². The molecule has 148 valence electrons. The first kappa shape index (κ1) is 18.7. The quantitative estimate of drug-likeness (QED) is 0.723. The Hall–Kier alpha value is -3.61. The van der Waals surface area contributed by atoms with E-state index in [1.165, 1.54) is 0 Å². The van der Waals surface area contributed by atoms with E-state index in [0.717, 1.165) is 43.4 Å². The van der Waals surface area contributed by atoms with Crippen molar-refractivity contribution in [1.82, 2.24) is 9.97 Å². The van der Waals surface area contributed by atoms with E-state index in [1.807, 2.05) is 30.3 Å². The molecule has 4 rings (SSSR count). The van der Waals surface area contributed by atoms with Crippen molar-refractivity contribution >= 4 is 23.1 Å². The van der Waals surface area contributed by atoms with Gasteiger partial charge in [0.05, 0.1) is 30.2 Å². The number of nitrogens with zero attached hydrogens (tertiary/aromatic N) is 4. The predicted molar refractivity (Wildman–Crippen MR) is 114 cm³/mol. The lowest BCUT2D eigenvalue weighted by Crippen LogP contribution is -2.46. The molecule has 0 spiro atoms. The molecule has 3 aromatic rings. The Morgan fingerprint density at radius 2 is 1.76 bits per heavy atom. The van der Waals surface area contributed by atoms with Crippen molar-refractivity contribution in [1.29, 1.82) is 0 Å². The van der Waals surface area contributed by atoms with Gasteiger partial charge in [0.25, 0.3) is 5.91 Å². The molecule has 1 saturated heterocycles. The fourth-order valence-electron chi connectivity index (χ4n) is 3.41. The SMILES string of the molecule is COc1ccccc1N1CCN(c2ccc(NC(=O)c3cccnc3)cn2)CC1. The van der Waals surface area contributed by atoms with Gasteiger partial charge in [-0.15, -0.1) is 0 Å². The zero-order chi connectivity index (χ0) is 20.1. The van der Waals surface area contributed by atoms with Crippen molar-refractivity contribution in [3.05, 3.63) is 72.7 Å². The van der Waals surface area contributed by atoms with Gasteiger partial charge in [-0.05, 0) is 36.4 Å². The molecule has 1 aromatic carbocycles. The van der Waals surface area contributed by atoms with Gasteiger partial charge in [0.15, 0.2) is 0 Å². The van der Waals surface area contributed by atoms with Crippen molar-refractivity contribution in [3.8, 4) is 5.75 Å². The maximum Gasteiger partial charge on any atom is 0.257 e. The highest BCUT2D eigenvalue weighted by molar-refractivity contribution is 6.03. The second-order valence-electron chi connectivity index (χ2n) is 6.75. The minimum absolute atomic E-state index is 0.196. The van der Waals surface area contributed by atoms with Gasteiger partial charge >= 0.3 is 0 Å². The summed E-state index contributed by atoms with van der Waals surface area (Å²) in [5, 5.41) is 2.85. The molecule has 7 nitrogen and oxygen atoms in total. The van der Waals surface area contributed by atoms with Crippen LogP contribution in [0.2, 0.25) is 0 Å². The summed E-state index contributed by atoms with van der Waals surface area (Å²) in [5.41, 5.74) is 2.30. The van der Waals surface area contributed by atoms with E-state index in [9.17, 15) is 4.79 Å². The third-order valence-electron chi connectivity index (χ3n) is 4.96. The molecule has 0 radical (unpaired) electrons. The fraction of sp³-hybridized carbons (Fsp3) is 0.227. The minimum atomic E-state index is -0.196. The van der Waals surface area contributed by atoms with Gasteiger partial charge in [-0.3, -0.25) is 9.78 Å². The molecule has 1 amide bonds.